The number of hydrogen-bond acceptors (Lipinski definition) is 4. The predicted molar refractivity (Wildman–Crippen MR) is 70.8 cm³/mol. The molecule has 0 fully saturated rings. The standard InChI is InChI=1S/C11H22N4O2S/c1-5-9(6-2)15-18(16,17)11-8(3)13-14-10(11)7-12-4/h9,12,15H,5-7H2,1-4H3,(H,13,14). The first-order valence-electron chi connectivity index (χ1n) is 6.17. The van der Waals surface area contributed by atoms with E-state index in [4.69, 9.17) is 0 Å². The van der Waals surface area contributed by atoms with E-state index in [0.717, 1.165) is 12.8 Å². The molecule has 0 spiro atoms. The van der Waals surface area contributed by atoms with E-state index in [-0.39, 0.29) is 10.9 Å². The molecule has 3 N–H and O–H groups in total. The number of nitrogens with zero attached hydrogens (tertiary/aromatic N) is 1. The minimum atomic E-state index is -3.51. The molecule has 0 aliphatic rings. The molecular weight excluding hydrogens is 252 g/mol. The SMILES string of the molecule is CCC(CC)NS(=O)(=O)c1c(CNC)n[nH]c1C. The van der Waals surface area contributed by atoms with Crippen molar-refractivity contribution in [3.8, 4) is 0 Å². The highest BCUT2D eigenvalue weighted by atomic mass is 32.2. The van der Waals surface area contributed by atoms with Crippen molar-refractivity contribution in [1.82, 2.24) is 20.2 Å². The maximum atomic E-state index is 12.3. The van der Waals surface area contributed by atoms with Crippen LogP contribution in [0.15, 0.2) is 4.90 Å². The normalized spacial score (nSPS) is 12.3. The fourth-order valence-corrected chi connectivity index (χ4v) is 3.61. The summed E-state index contributed by atoms with van der Waals surface area (Å²) in [7, 11) is -1.75. The molecular formula is C11H22N4O2S. The van der Waals surface area contributed by atoms with Gasteiger partial charge in [0.1, 0.15) is 4.90 Å². The highest BCUT2D eigenvalue weighted by molar-refractivity contribution is 7.89. The van der Waals surface area contributed by atoms with Gasteiger partial charge in [-0.05, 0) is 26.8 Å². The van der Waals surface area contributed by atoms with E-state index in [9.17, 15) is 8.42 Å². The first-order chi connectivity index (χ1) is 8.46. The summed E-state index contributed by atoms with van der Waals surface area (Å²) in [5.74, 6) is 0. The van der Waals surface area contributed by atoms with Crippen molar-refractivity contribution < 1.29 is 8.42 Å². The molecule has 0 radical (unpaired) electrons. The Morgan fingerprint density at radius 3 is 2.44 bits per heavy atom. The number of rotatable bonds is 7. The Labute approximate surface area is 109 Å². The molecule has 0 amide bonds. The van der Waals surface area contributed by atoms with Gasteiger partial charge in [-0.1, -0.05) is 13.8 Å². The first kappa shape index (κ1) is 15.1. The summed E-state index contributed by atoms with van der Waals surface area (Å²) in [6.07, 6.45) is 1.54. The zero-order chi connectivity index (χ0) is 13.8. The first-order valence-corrected chi connectivity index (χ1v) is 7.65. The second-order valence-corrected chi connectivity index (χ2v) is 5.94. The fourth-order valence-electron chi connectivity index (χ4n) is 1.85. The lowest BCUT2D eigenvalue weighted by Crippen LogP contribution is -2.34. The monoisotopic (exact) mass is 274 g/mol. The van der Waals surface area contributed by atoms with E-state index in [0.29, 0.717) is 17.9 Å². The molecule has 1 heterocycles. The molecule has 18 heavy (non-hydrogen) atoms. The summed E-state index contributed by atoms with van der Waals surface area (Å²) < 4.78 is 27.4. The van der Waals surface area contributed by atoms with Gasteiger partial charge in [0.05, 0.1) is 11.4 Å². The minimum Gasteiger partial charge on any atom is -0.314 e. The molecule has 0 aliphatic heterocycles. The smallest absolute Gasteiger partial charge is 0.244 e. The third-order valence-electron chi connectivity index (χ3n) is 2.88. The third-order valence-corrected chi connectivity index (χ3v) is 4.60. The van der Waals surface area contributed by atoms with E-state index in [2.05, 4.69) is 20.2 Å². The van der Waals surface area contributed by atoms with Gasteiger partial charge in [-0.3, -0.25) is 5.10 Å². The highest BCUT2D eigenvalue weighted by Gasteiger charge is 2.25. The van der Waals surface area contributed by atoms with E-state index < -0.39 is 10.0 Å². The van der Waals surface area contributed by atoms with Gasteiger partial charge in [-0.2, -0.15) is 5.10 Å². The van der Waals surface area contributed by atoms with Gasteiger partial charge in [0.15, 0.2) is 0 Å². The van der Waals surface area contributed by atoms with Gasteiger partial charge in [0, 0.05) is 12.6 Å². The van der Waals surface area contributed by atoms with Gasteiger partial charge >= 0.3 is 0 Å². The zero-order valence-electron chi connectivity index (χ0n) is 11.4. The van der Waals surface area contributed by atoms with Crippen LogP contribution in [-0.4, -0.2) is 31.7 Å². The van der Waals surface area contributed by atoms with Crippen LogP contribution in [-0.2, 0) is 16.6 Å². The summed E-state index contributed by atoms with van der Waals surface area (Å²) in [6.45, 7) is 6.07. The number of aryl methyl sites for hydroxylation is 1. The molecule has 0 unspecified atom stereocenters. The number of H-pyrrole nitrogens is 1. The molecule has 0 bridgehead atoms. The lowest BCUT2D eigenvalue weighted by molar-refractivity contribution is 0.528. The van der Waals surface area contributed by atoms with Crippen molar-refractivity contribution in [3.05, 3.63) is 11.4 Å². The lowest BCUT2D eigenvalue weighted by atomic mass is 10.2. The van der Waals surface area contributed by atoms with Crippen LogP contribution in [0.25, 0.3) is 0 Å². The van der Waals surface area contributed by atoms with Crippen molar-refractivity contribution in [2.75, 3.05) is 7.05 Å². The number of aromatic nitrogens is 2. The average molecular weight is 274 g/mol. The summed E-state index contributed by atoms with van der Waals surface area (Å²) in [5.41, 5.74) is 1.09. The topological polar surface area (TPSA) is 86.9 Å². The quantitative estimate of drug-likeness (QED) is 0.689. The van der Waals surface area contributed by atoms with Crippen LogP contribution < -0.4 is 10.0 Å². The predicted octanol–water partition coefficient (Wildman–Crippen LogP) is 0.904. The van der Waals surface area contributed by atoms with Gasteiger partial charge in [-0.15, -0.1) is 0 Å². The molecule has 0 aliphatic carbocycles. The Balaban J connectivity index is 3.07. The van der Waals surface area contributed by atoms with Gasteiger partial charge < -0.3 is 5.32 Å². The molecule has 6 nitrogen and oxygen atoms in total. The summed E-state index contributed by atoms with van der Waals surface area (Å²) in [5, 5.41) is 9.67. The van der Waals surface area contributed by atoms with Crippen molar-refractivity contribution in [3.63, 3.8) is 0 Å². The van der Waals surface area contributed by atoms with Crippen molar-refractivity contribution in [1.29, 1.82) is 0 Å². The van der Waals surface area contributed by atoms with Crippen molar-refractivity contribution in [2.45, 2.75) is 51.1 Å². The second-order valence-electron chi connectivity index (χ2n) is 4.29. The Morgan fingerprint density at radius 2 is 1.94 bits per heavy atom. The second kappa shape index (κ2) is 6.31. The maximum Gasteiger partial charge on any atom is 0.244 e. The highest BCUT2D eigenvalue weighted by Crippen LogP contribution is 2.18. The van der Waals surface area contributed by atoms with Crippen LogP contribution in [0.3, 0.4) is 0 Å². The number of hydrogen-bond donors (Lipinski definition) is 3. The van der Waals surface area contributed by atoms with Gasteiger partial charge in [0.25, 0.3) is 0 Å². The molecule has 7 heteroatoms. The Hall–Kier alpha value is -0.920. The number of sulfonamides is 1. The van der Waals surface area contributed by atoms with Gasteiger partial charge in [-0.25, -0.2) is 13.1 Å². The van der Waals surface area contributed by atoms with Crippen LogP contribution >= 0.6 is 0 Å². The Bertz CT molecular complexity index is 477. The molecule has 1 aromatic heterocycles. The molecule has 0 saturated carbocycles. The van der Waals surface area contributed by atoms with Crippen LogP contribution in [0.4, 0.5) is 0 Å². The fraction of sp³-hybridized carbons (Fsp3) is 0.727. The van der Waals surface area contributed by atoms with Crippen molar-refractivity contribution in [2.24, 2.45) is 0 Å². The van der Waals surface area contributed by atoms with E-state index in [1.807, 2.05) is 13.8 Å². The average Bonchev–Trinajstić information content (AvgIpc) is 2.68. The Morgan fingerprint density at radius 1 is 1.33 bits per heavy atom. The molecule has 1 aromatic rings. The van der Waals surface area contributed by atoms with E-state index in [1.165, 1.54) is 0 Å². The largest absolute Gasteiger partial charge is 0.314 e. The third kappa shape index (κ3) is 3.30. The zero-order valence-corrected chi connectivity index (χ0v) is 12.2. The summed E-state index contributed by atoms with van der Waals surface area (Å²) >= 11 is 0. The van der Waals surface area contributed by atoms with E-state index >= 15 is 0 Å². The molecule has 1 rings (SSSR count). The maximum absolute atomic E-state index is 12.3. The number of aromatic amines is 1. The molecule has 0 saturated heterocycles. The number of nitrogens with one attached hydrogen (secondary N) is 3. The molecule has 0 aromatic carbocycles. The molecule has 0 atom stereocenters. The van der Waals surface area contributed by atoms with Crippen LogP contribution in [0.1, 0.15) is 38.1 Å². The van der Waals surface area contributed by atoms with E-state index in [1.54, 1.807) is 14.0 Å². The summed E-state index contributed by atoms with van der Waals surface area (Å²) in [4.78, 5) is 0.267. The molecule has 104 valence electrons. The Kier molecular flexibility index (Phi) is 5.30. The lowest BCUT2D eigenvalue weighted by Gasteiger charge is -2.15. The van der Waals surface area contributed by atoms with Crippen LogP contribution in [0.2, 0.25) is 0 Å². The van der Waals surface area contributed by atoms with Gasteiger partial charge in [0.2, 0.25) is 10.0 Å². The van der Waals surface area contributed by atoms with Crippen LogP contribution in [0, 0.1) is 6.92 Å². The van der Waals surface area contributed by atoms with Crippen LogP contribution in [0.5, 0.6) is 0 Å². The minimum absolute atomic E-state index is 0.0354. The van der Waals surface area contributed by atoms with Crippen molar-refractivity contribution >= 4 is 10.0 Å². The summed E-state index contributed by atoms with van der Waals surface area (Å²) in [6, 6.07) is -0.0354.